The standard InChI is InChI=1S/C14H22BrN3O/c1-10(16)5-4-6-14(19)17-12-9-11(15)7-8-13(12)18(2)3/h7-10H,4-6,16H2,1-3H3,(H,17,19). The van der Waals surface area contributed by atoms with E-state index in [9.17, 15) is 4.79 Å². The summed E-state index contributed by atoms with van der Waals surface area (Å²) in [6, 6.07) is 6.00. The normalized spacial score (nSPS) is 12.1. The summed E-state index contributed by atoms with van der Waals surface area (Å²) in [7, 11) is 3.91. The fraction of sp³-hybridized carbons (Fsp3) is 0.500. The van der Waals surface area contributed by atoms with Crippen LogP contribution in [-0.2, 0) is 4.79 Å². The van der Waals surface area contributed by atoms with Crippen LogP contribution in [0.25, 0.3) is 0 Å². The topological polar surface area (TPSA) is 58.4 Å². The van der Waals surface area contributed by atoms with Crippen LogP contribution in [0.5, 0.6) is 0 Å². The molecule has 0 bridgehead atoms. The number of halogens is 1. The van der Waals surface area contributed by atoms with Crippen molar-refractivity contribution in [1.29, 1.82) is 0 Å². The van der Waals surface area contributed by atoms with Gasteiger partial charge in [-0.05, 0) is 38.0 Å². The molecule has 0 aliphatic heterocycles. The van der Waals surface area contributed by atoms with Crippen LogP contribution in [0, 0.1) is 0 Å². The molecule has 0 saturated heterocycles. The summed E-state index contributed by atoms with van der Waals surface area (Å²) in [6.45, 7) is 1.95. The largest absolute Gasteiger partial charge is 0.376 e. The lowest BCUT2D eigenvalue weighted by atomic mass is 10.1. The molecule has 0 aromatic heterocycles. The lowest BCUT2D eigenvalue weighted by molar-refractivity contribution is -0.116. The molecule has 0 spiro atoms. The van der Waals surface area contributed by atoms with Crippen molar-refractivity contribution in [3.8, 4) is 0 Å². The predicted octanol–water partition coefficient (Wildman–Crippen LogP) is 2.97. The third-order valence-corrected chi connectivity index (χ3v) is 3.27. The number of benzene rings is 1. The zero-order valence-electron chi connectivity index (χ0n) is 11.7. The minimum atomic E-state index is 0.0295. The Labute approximate surface area is 123 Å². The molecular weight excluding hydrogens is 306 g/mol. The average molecular weight is 328 g/mol. The van der Waals surface area contributed by atoms with Crippen LogP contribution in [0.15, 0.2) is 22.7 Å². The van der Waals surface area contributed by atoms with Gasteiger partial charge < -0.3 is 16.0 Å². The Bertz CT molecular complexity index is 433. The van der Waals surface area contributed by atoms with Crippen molar-refractivity contribution in [2.45, 2.75) is 32.2 Å². The summed E-state index contributed by atoms with van der Waals surface area (Å²) >= 11 is 3.42. The smallest absolute Gasteiger partial charge is 0.224 e. The third kappa shape index (κ3) is 5.61. The molecule has 0 fully saturated rings. The first-order valence-corrected chi connectivity index (χ1v) is 7.21. The summed E-state index contributed by atoms with van der Waals surface area (Å²) in [6.07, 6.45) is 2.18. The summed E-state index contributed by atoms with van der Waals surface area (Å²) in [4.78, 5) is 13.9. The Kier molecular flexibility index (Phi) is 6.31. The number of hydrogen-bond donors (Lipinski definition) is 2. The molecule has 5 heteroatoms. The lowest BCUT2D eigenvalue weighted by Gasteiger charge is -2.18. The SMILES string of the molecule is CC(N)CCCC(=O)Nc1cc(Br)ccc1N(C)C. The zero-order chi connectivity index (χ0) is 14.4. The number of carbonyl (C=O) groups is 1. The maximum Gasteiger partial charge on any atom is 0.224 e. The summed E-state index contributed by atoms with van der Waals surface area (Å²) in [5, 5.41) is 2.96. The lowest BCUT2D eigenvalue weighted by Crippen LogP contribution is -2.18. The molecule has 0 saturated carbocycles. The van der Waals surface area contributed by atoms with E-state index in [-0.39, 0.29) is 11.9 Å². The molecule has 1 atom stereocenters. The van der Waals surface area contributed by atoms with Crippen LogP contribution < -0.4 is 16.0 Å². The van der Waals surface area contributed by atoms with Gasteiger partial charge in [0, 0.05) is 31.0 Å². The van der Waals surface area contributed by atoms with Gasteiger partial charge in [-0.1, -0.05) is 15.9 Å². The summed E-state index contributed by atoms with van der Waals surface area (Å²) < 4.78 is 0.948. The van der Waals surface area contributed by atoms with E-state index in [1.807, 2.05) is 44.1 Å². The number of anilines is 2. The first-order valence-electron chi connectivity index (χ1n) is 6.42. The van der Waals surface area contributed by atoms with Gasteiger partial charge in [0.05, 0.1) is 11.4 Å². The van der Waals surface area contributed by atoms with Crippen LogP contribution in [0.2, 0.25) is 0 Å². The van der Waals surface area contributed by atoms with Crippen molar-refractivity contribution in [2.24, 2.45) is 5.73 Å². The van der Waals surface area contributed by atoms with Crippen molar-refractivity contribution >= 4 is 33.2 Å². The minimum absolute atomic E-state index is 0.0295. The molecule has 1 unspecified atom stereocenters. The Morgan fingerprint density at radius 2 is 2.16 bits per heavy atom. The van der Waals surface area contributed by atoms with E-state index in [1.165, 1.54) is 0 Å². The van der Waals surface area contributed by atoms with Gasteiger partial charge >= 0.3 is 0 Å². The molecule has 1 aromatic carbocycles. The minimum Gasteiger partial charge on any atom is -0.376 e. The Morgan fingerprint density at radius 1 is 1.47 bits per heavy atom. The molecule has 0 heterocycles. The van der Waals surface area contributed by atoms with Gasteiger partial charge in [0.15, 0.2) is 0 Å². The second kappa shape index (κ2) is 7.50. The number of amides is 1. The molecule has 4 nitrogen and oxygen atoms in total. The van der Waals surface area contributed by atoms with Crippen molar-refractivity contribution < 1.29 is 4.79 Å². The highest BCUT2D eigenvalue weighted by atomic mass is 79.9. The van der Waals surface area contributed by atoms with E-state index in [4.69, 9.17) is 5.73 Å². The molecular formula is C14H22BrN3O. The number of carbonyl (C=O) groups excluding carboxylic acids is 1. The van der Waals surface area contributed by atoms with Gasteiger partial charge in [-0.2, -0.15) is 0 Å². The molecule has 106 valence electrons. The van der Waals surface area contributed by atoms with Gasteiger partial charge in [0.2, 0.25) is 5.91 Å². The van der Waals surface area contributed by atoms with E-state index < -0.39 is 0 Å². The van der Waals surface area contributed by atoms with E-state index in [1.54, 1.807) is 0 Å². The number of rotatable bonds is 6. The molecule has 0 aliphatic carbocycles. The summed E-state index contributed by atoms with van der Waals surface area (Å²) in [5.74, 6) is 0.0295. The van der Waals surface area contributed by atoms with Crippen LogP contribution in [-0.4, -0.2) is 26.0 Å². The molecule has 1 rings (SSSR count). The number of hydrogen-bond acceptors (Lipinski definition) is 3. The molecule has 0 radical (unpaired) electrons. The molecule has 3 N–H and O–H groups in total. The van der Waals surface area contributed by atoms with Gasteiger partial charge in [0.25, 0.3) is 0 Å². The number of nitrogens with zero attached hydrogens (tertiary/aromatic N) is 1. The zero-order valence-corrected chi connectivity index (χ0v) is 13.3. The van der Waals surface area contributed by atoms with Gasteiger partial charge in [0.1, 0.15) is 0 Å². The van der Waals surface area contributed by atoms with Gasteiger partial charge in [-0.25, -0.2) is 0 Å². The monoisotopic (exact) mass is 327 g/mol. The second-order valence-electron chi connectivity index (χ2n) is 4.97. The highest BCUT2D eigenvalue weighted by Gasteiger charge is 2.09. The quantitative estimate of drug-likeness (QED) is 0.844. The van der Waals surface area contributed by atoms with Crippen LogP contribution in [0.1, 0.15) is 26.2 Å². The van der Waals surface area contributed by atoms with E-state index in [0.29, 0.717) is 6.42 Å². The van der Waals surface area contributed by atoms with Crippen molar-refractivity contribution in [3.05, 3.63) is 22.7 Å². The maximum absolute atomic E-state index is 11.9. The van der Waals surface area contributed by atoms with Crippen LogP contribution >= 0.6 is 15.9 Å². The van der Waals surface area contributed by atoms with E-state index >= 15 is 0 Å². The van der Waals surface area contributed by atoms with Gasteiger partial charge in [-0.3, -0.25) is 4.79 Å². The Morgan fingerprint density at radius 3 is 2.74 bits per heavy atom. The van der Waals surface area contributed by atoms with Crippen molar-refractivity contribution in [2.75, 3.05) is 24.3 Å². The highest BCUT2D eigenvalue weighted by Crippen LogP contribution is 2.28. The van der Waals surface area contributed by atoms with Crippen molar-refractivity contribution in [3.63, 3.8) is 0 Å². The maximum atomic E-state index is 11.9. The first kappa shape index (κ1) is 16.0. The first-order chi connectivity index (χ1) is 8.90. The van der Waals surface area contributed by atoms with Crippen LogP contribution in [0.4, 0.5) is 11.4 Å². The highest BCUT2D eigenvalue weighted by molar-refractivity contribution is 9.10. The fourth-order valence-corrected chi connectivity index (χ4v) is 2.16. The van der Waals surface area contributed by atoms with E-state index in [0.717, 1.165) is 28.7 Å². The number of nitrogens with two attached hydrogens (primary N) is 1. The average Bonchev–Trinajstić information content (AvgIpc) is 2.27. The summed E-state index contributed by atoms with van der Waals surface area (Å²) in [5.41, 5.74) is 7.48. The van der Waals surface area contributed by atoms with Crippen molar-refractivity contribution in [1.82, 2.24) is 0 Å². The van der Waals surface area contributed by atoms with E-state index in [2.05, 4.69) is 21.2 Å². The Hall–Kier alpha value is -1.07. The van der Waals surface area contributed by atoms with Crippen LogP contribution in [0.3, 0.4) is 0 Å². The Balaban J connectivity index is 2.65. The third-order valence-electron chi connectivity index (χ3n) is 2.78. The van der Waals surface area contributed by atoms with Gasteiger partial charge in [-0.15, -0.1) is 0 Å². The predicted molar refractivity (Wildman–Crippen MR) is 84.6 cm³/mol. The molecule has 0 aliphatic rings. The molecule has 19 heavy (non-hydrogen) atoms. The molecule has 1 amide bonds. The number of nitrogens with one attached hydrogen (secondary N) is 1. The molecule has 1 aromatic rings. The fourth-order valence-electron chi connectivity index (χ4n) is 1.80. The second-order valence-corrected chi connectivity index (χ2v) is 5.89.